The Labute approximate surface area is 88.1 Å². The molecule has 0 saturated carbocycles. The molecule has 0 fully saturated rings. The molecule has 0 aliphatic heterocycles. The average Bonchev–Trinajstić information content (AvgIpc) is 2.58. The number of thioether (sulfide) groups is 1. The summed E-state index contributed by atoms with van der Waals surface area (Å²) in [6.07, 6.45) is 4.57. The van der Waals surface area contributed by atoms with Crippen LogP contribution >= 0.6 is 11.8 Å². The van der Waals surface area contributed by atoms with Crippen molar-refractivity contribution in [1.82, 2.24) is 14.9 Å². The van der Waals surface area contributed by atoms with Crippen LogP contribution in [0.3, 0.4) is 0 Å². The summed E-state index contributed by atoms with van der Waals surface area (Å²) in [4.78, 5) is 15.4. The molecule has 0 aliphatic carbocycles. The lowest BCUT2D eigenvalue weighted by Gasteiger charge is -2.02. The Balaban J connectivity index is 2.27. The van der Waals surface area contributed by atoms with Crippen LogP contribution in [0.25, 0.3) is 0 Å². The van der Waals surface area contributed by atoms with Gasteiger partial charge in [-0.25, -0.2) is 4.98 Å². The van der Waals surface area contributed by atoms with Gasteiger partial charge in [-0.2, -0.15) is 0 Å². The van der Waals surface area contributed by atoms with Crippen LogP contribution in [0.1, 0.15) is 13.3 Å². The van der Waals surface area contributed by atoms with E-state index in [4.69, 9.17) is 0 Å². The second kappa shape index (κ2) is 5.70. The van der Waals surface area contributed by atoms with E-state index in [1.807, 2.05) is 24.7 Å². The van der Waals surface area contributed by atoms with Gasteiger partial charge in [-0.1, -0.05) is 18.7 Å². The first-order valence-electron chi connectivity index (χ1n) is 4.61. The van der Waals surface area contributed by atoms with E-state index in [-0.39, 0.29) is 5.91 Å². The van der Waals surface area contributed by atoms with Gasteiger partial charge in [0.15, 0.2) is 5.16 Å². The van der Waals surface area contributed by atoms with Crippen molar-refractivity contribution in [3.8, 4) is 0 Å². The Hall–Kier alpha value is -0.970. The first-order chi connectivity index (χ1) is 6.74. The van der Waals surface area contributed by atoms with Crippen molar-refractivity contribution >= 4 is 17.7 Å². The van der Waals surface area contributed by atoms with Gasteiger partial charge in [0.05, 0.1) is 5.75 Å². The molecule has 1 amide bonds. The highest BCUT2D eigenvalue weighted by Gasteiger charge is 2.04. The van der Waals surface area contributed by atoms with Crippen LogP contribution in [0.15, 0.2) is 17.6 Å². The van der Waals surface area contributed by atoms with E-state index >= 15 is 0 Å². The summed E-state index contributed by atoms with van der Waals surface area (Å²) in [5.74, 6) is 0.505. The SMILES string of the molecule is CCCNC(=O)CSc1nccn1C. The van der Waals surface area contributed by atoms with Crippen LogP contribution in [0, 0.1) is 0 Å². The molecule has 0 aromatic carbocycles. The number of carbonyl (C=O) groups is 1. The molecule has 0 saturated heterocycles. The van der Waals surface area contributed by atoms with E-state index < -0.39 is 0 Å². The summed E-state index contributed by atoms with van der Waals surface area (Å²) in [5.41, 5.74) is 0. The molecular formula is C9H15N3OS. The zero-order valence-corrected chi connectivity index (χ0v) is 9.30. The van der Waals surface area contributed by atoms with Crippen molar-refractivity contribution in [3.63, 3.8) is 0 Å². The lowest BCUT2D eigenvalue weighted by atomic mass is 10.5. The number of hydrogen-bond acceptors (Lipinski definition) is 3. The summed E-state index contributed by atoms with van der Waals surface area (Å²) in [6, 6.07) is 0. The number of hydrogen-bond donors (Lipinski definition) is 1. The average molecular weight is 213 g/mol. The minimum absolute atomic E-state index is 0.0693. The first-order valence-corrected chi connectivity index (χ1v) is 5.59. The highest BCUT2D eigenvalue weighted by atomic mass is 32.2. The zero-order chi connectivity index (χ0) is 10.4. The molecule has 0 radical (unpaired) electrons. The molecule has 0 bridgehead atoms. The van der Waals surface area contributed by atoms with Gasteiger partial charge < -0.3 is 9.88 Å². The third-order valence-corrected chi connectivity index (χ3v) is 2.74. The molecule has 0 spiro atoms. The van der Waals surface area contributed by atoms with Crippen molar-refractivity contribution in [2.75, 3.05) is 12.3 Å². The number of rotatable bonds is 5. The molecule has 78 valence electrons. The van der Waals surface area contributed by atoms with Crippen molar-refractivity contribution in [2.45, 2.75) is 18.5 Å². The standard InChI is InChI=1S/C9H15N3OS/c1-3-4-10-8(13)7-14-9-11-5-6-12(9)2/h5-6H,3-4,7H2,1-2H3,(H,10,13). The Kier molecular flexibility index (Phi) is 4.52. The van der Waals surface area contributed by atoms with E-state index in [1.54, 1.807) is 6.20 Å². The zero-order valence-electron chi connectivity index (χ0n) is 8.49. The van der Waals surface area contributed by atoms with Crippen LogP contribution in [0.2, 0.25) is 0 Å². The molecule has 4 nitrogen and oxygen atoms in total. The fourth-order valence-corrected chi connectivity index (χ4v) is 1.70. The highest BCUT2D eigenvalue weighted by molar-refractivity contribution is 7.99. The topological polar surface area (TPSA) is 46.9 Å². The monoisotopic (exact) mass is 213 g/mol. The van der Waals surface area contributed by atoms with Crippen LogP contribution < -0.4 is 5.32 Å². The normalized spacial score (nSPS) is 10.1. The maximum atomic E-state index is 11.2. The fraction of sp³-hybridized carbons (Fsp3) is 0.556. The molecule has 14 heavy (non-hydrogen) atoms. The second-order valence-electron chi connectivity index (χ2n) is 2.96. The largest absolute Gasteiger partial charge is 0.355 e. The van der Waals surface area contributed by atoms with Crippen LogP contribution in [0.5, 0.6) is 0 Å². The Bertz CT molecular complexity index is 298. The van der Waals surface area contributed by atoms with Crippen LogP contribution in [-0.2, 0) is 11.8 Å². The molecule has 1 heterocycles. The summed E-state index contributed by atoms with van der Waals surface area (Å²) in [5, 5.41) is 3.69. The molecule has 1 N–H and O–H groups in total. The number of aromatic nitrogens is 2. The predicted octanol–water partition coefficient (Wildman–Crippen LogP) is 1.04. The number of nitrogens with zero attached hydrogens (tertiary/aromatic N) is 2. The number of amides is 1. The Morgan fingerprint density at radius 1 is 1.71 bits per heavy atom. The molecule has 0 unspecified atom stereocenters. The molecule has 0 aliphatic rings. The third kappa shape index (κ3) is 3.41. The lowest BCUT2D eigenvalue weighted by molar-refractivity contribution is -0.118. The molecule has 1 aromatic heterocycles. The van der Waals surface area contributed by atoms with E-state index in [9.17, 15) is 4.79 Å². The summed E-state index contributed by atoms with van der Waals surface area (Å²) < 4.78 is 1.90. The fourth-order valence-electron chi connectivity index (χ4n) is 0.937. The maximum absolute atomic E-state index is 11.2. The van der Waals surface area contributed by atoms with Gasteiger partial charge in [0.2, 0.25) is 5.91 Å². The van der Waals surface area contributed by atoms with Gasteiger partial charge in [0.25, 0.3) is 0 Å². The minimum Gasteiger partial charge on any atom is -0.355 e. The predicted molar refractivity (Wildman–Crippen MR) is 57.2 cm³/mol. The first kappa shape index (κ1) is 11.1. The number of nitrogens with one attached hydrogen (secondary N) is 1. The van der Waals surface area contributed by atoms with Crippen molar-refractivity contribution in [3.05, 3.63) is 12.4 Å². The maximum Gasteiger partial charge on any atom is 0.230 e. The number of aryl methyl sites for hydroxylation is 1. The molecule has 0 atom stereocenters. The smallest absolute Gasteiger partial charge is 0.230 e. The van der Waals surface area contributed by atoms with E-state index in [0.717, 1.165) is 18.1 Å². The number of imidazole rings is 1. The quantitative estimate of drug-likeness (QED) is 0.743. The van der Waals surface area contributed by atoms with E-state index in [1.165, 1.54) is 11.8 Å². The molecule has 1 aromatic rings. The van der Waals surface area contributed by atoms with Crippen molar-refractivity contribution < 1.29 is 4.79 Å². The second-order valence-corrected chi connectivity index (χ2v) is 3.90. The molecular weight excluding hydrogens is 198 g/mol. The van der Waals surface area contributed by atoms with Gasteiger partial charge in [-0.3, -0.25) is 4.79 Å². The van der Waals surface area contributed by atoms with Gasteiger partial charge >= 0.3 is 0 Å². The molecule has 5 heteroatoms. The summed E-state index contributed by atoms with van der Waals surface area (Å²) in [7, 11) is 1.92. The third-order valence-electron chi connectivity index (χ3n) is 1.68. The summed E-state index contributed by atoms with van der Waals surface area (Å²) in [6.45, 7) is 2.78. The van der Waals surface area contributed by atoms with E-state index in [2.05, 4.69) is 10.3 Å². The highest BCUT2D eigenvalue weighted by Crippen LogP contribution is 2.13. The van der Waals surface area contributed by atoms with Gasteiger partial charge in [0, 0.05) is 26.0 Å². The lowest BCUT2D eigenvalue weighted by Crippen LogP contribution is -2.25. The molecule has 1 rings (SSSR count). The minimum atomic E-state index is 0.0693. The Morgan fingerprint density at radius 3 is 3.07 bits per heavy atom. The van der Waals surface area contributed by atoms with Gasteiger partial charge in [0.1, 0.15) is 0 Å². The van der Waals surface area contributed by atoms with Crippen LogP contribution in [-0.4, -0.2) is 27.8 Å². The van der Waals surface area contributed by atoms with Gasteiger partial charge in [-0.05, 0) is 6.42 Å². The number of carbonyl (C=O) groups excluding carboxylic acids is 1. The Morgan fingerprint density at radius 2 is 2.50 bits per heavy atom. The van der Waals surface area contributed by atoms with Crippen LogP contribution in [0.4, 0.5) is 0 Å². The van der Waals surface area contributed by atoms with Crippen molar-refractivity contribution in [2.24, 2.45) is 7.05 Å². The van der Waals surface area contributed by atoms with Crippen molar-refractivity contribution in [1.29, 1.82) is 0 Å². The van der Waals surface area contributed by atoms with E-state index in [0.29, 0.717) is 5.75 Å². The van der Waals surface area contributed by atoms with Gasteiger partial charge in [-0.15, -0.1) is 0 Å². The summed E-state index contributed by atoms with van der Waals surface area (Å²) >= 11 is 1.45.